The van der Waals surface area contributed by atoms with E-state index in [4.69, 9.17) is 10.2 Å². The first-order valence-corrected chi connectivity index (χ1v) is 6.79. The zero-order valence-corrected chi connectivity index (χ0v) is 11.8. The summed E-state index contributed by atoms with van der Waals surface area (Å²) in [7, 11) is 1.92. The van der Waals surface area contributed by atoms with Gasteiger partial charge < -0.3 is 15.1 Å². The number of hydrogen-bond acceptors (Lipinski definition) is 5. The van der Waals surface area contributed by atoms with Gasteiger partial charge >= 0.3 is 5.97 Å². The highest BCUT2D eigenvalue weighted by Gasteiger charge is 2.19. The molecule has 2 N–H and O–H groups in total. The molecule has 0 saturated carbocycles. The first-order valence-electron chi connectivity index (χ1n) is 5.98. The van der Waals surface area contributed by atoms with Crippen LogP contribution in [0.15, 0.2) is 0 Å². The molecule has 1 rings (SSSR count). The van der Waals surface area contributed by atoms with Crippen molar-refractivity contribution in [2.45, 2.75) is 26.2 Å². The van der Waals surface area contributed by atoms with Gasteiger partial charge in [0, 0.05) is 19.5 Å². The topological polar surface area (TPSA) is 73.7 Å². The van der Waals surface area contributed by atoms with Gasteiger partial charge in [-0.15, -0.1) is 11.3 Å². The number of carboxylic acid groups (broad SMARTS) is 1. The summed E-state index contributed by atoms with van der Waals surface area (Å²) < 4.78 is 0. The molecule has 0 amide bonds. The molecule has 18 heavy (non-hydrogen) atoms. The number of likely N-dealkylation sites (N-methyl/N-ethyl adjacent to an activating group) is 1. The van der Waals surface area contributed by atoms with Crippen LogP contribution >= 0.6 is 11.3 Å². The number of aliphatic hydroxyl groups excluding tert-OH is 1. The summed E-state index contributed by atoms with van der Waals surface area (Å²) in [5.74, 6) is -0.776. The number of carboxylic acids is 1. The van der Waals surface area contributed by atoms with Crippen molar-refractivity contribution in [3.05, 3.63) is 15.6 Å². The normalized spacial score (nSPS) is 11.4. The number of aromatic carboxylic acids is 1. The van der Waals surface area contributed by atoms with Crippen LogP contribution in [0.1, 0.15) is 40.1 Å². The number of nitrogens with zero attached hydrogens (tertiary/aromatic N) is 2. The average molecular weight is 272 g/mol. The van der Waals surface area contributed by atoms with Gasteiger partial charge in [-0.05, 0) is 13.0 Å². The third-order valence-electron chi connectivity index (χ3n) is 2.63. The second-order valence-electron chi connectivity index (χ2n) is 4.56. The number of thiazole rings is 1. The van der Waals surface area contributed by atoms with E-state index in [0.29, 0.717) is 23.5 Å². The maximum absolute atomic E-state index is 11.1. The van der Waals surface area contributed by atoms with Crippen LogP contribution in [0.2, 0.25) is 0 Å². The van der Waals surface area contributed by atoms with Crippen molar-refractivity contribution in [3.63, 3.8) is 0 Å². The van der Waals surface area contributed by atoms with Crippen molar-refractivity contribution < 1.29 is 15.0 Å². The fourth-order valence-electron chi connectivity index (χ4n) is 1.60. The molecule has 0 spiro atoms. The monoisotopic (exact) mass is 272 g/mol. The smallest absolute Gasteiger partial charge is 0.347 e. The molecule has 0 saturated heterocycles. The zero-order chi connectivity index (χ0) is 13.7. The maximum Gasteiger partial charge on any atom is 0.347 e. The Bertz CT molecular complexity index is 404. The molecular formula is C12H20N2O3S. The predicted octanol–water partition coefficient (Wildman–Crippen LogP) is 1.43. The van der Waals surface area contributed by atoms with Crippen LogP contribution in [0.3, 0.4) is 0 Å². The fraction of sp³-hybridized carbons (Fsp3) is 0.667. The van der Waals surface area contributed by atoms with Crippen molar-refractivity contribution in [1.82, 2.24) is 9.88 Å². The molecule has 1 aromatic heterocycles. The summed E-state index contributed by atoms with van der Waals surface area (Å²) in [6, 6.07) is 0. The van der Waals surface area contributed by atoms with Gasteiger partial charge in [0.05, 0.1) is 17.3 Å². The van der Waals surface area contributed by atoms with Crippen LogP contribution < -0.4 is 0 Å². The molecule has 0 aliphatic rings. The van der Waals surface area contributed by atoms with Gasteiger partial charge in [-0.3, -0.25) is 0 Å². The first kappa shape index (κ1) is 15.1. The van der Waals surface area contributed by atoms with Crippen LogP contribution in [-0.2, 0) is 6.42 Å². The van der Waals surface area contributed by atoms with E-state index in [-0.39, 0.29) is 12.5 Å². The molecule has 0 atom stereocenters. The summed E-state index contributed by atoms with van der Waals surface area (Å²) in [6.07, 6.45) is 0.716. The molecule has 102 valence electrons. The standard InChI is InChI=1S/C12H20N2O3S/c1-8(2)10-11(12(16)17)18-9(13-10)4-5-14(3)6-7-15/h8,15H,4-7H2,1-3H3,(H,16,17). The SMILES string of the molecule is CC(C)c1nc(CCN(C)CCO)sc1C(=O)O. The van der Waals surface area contributed by atoms with E-state index in [1.54, 1.807) is 0 Å². The van der Waals surface area contributed by atoms with Gasteiger partial charge in [0.15, 0.2) is 0 Å². The second kappa shape index (κ2) is 6.82. The van der Waals surface area contributed by atoms with Crippen molar-refractivity contribution in [1.29, 1.82) is 0 Å². The molecule has 1 heterocycles. The molecule has 0 aromatic carbocycles. The Morgan fingerprint density at radius 3 is 2.56 bits per heavy atom. The van der Waals surface area contributed by atoms with Crippen molar-refractivity contribution >= 4 is 17.3 Å². The fourth-order valence-corrected chi connectivity index (χ4v) is 2.64. The van der Waals surface area contributed by atoms with Crippen LogP contribution in [0.4, 0.5) is 0 Å². The largest absolute Gasteiger partial charge is 0.477 e. The first-order chi connectivity index (χ1) is 8.45. The zero-order valence-electron chi connectivity index (χ0n) is 11.0. The lowest BCUT2D eigenvalue weighted by atomic mass is 10.1. The molecular weight excluding hydrogens is 252 g/mol. The number of carbonyl (C=O) groups is 1. The third kappa shape index (κ3) is 4.04. The van der Waals surface area contributed by atoms with Crippen LogP contribution in [0, 0.1) is 0 Å². The van der Waals surface area contributed by atoms with Crippen molar-refractivity contribution in [3.8, 4) is 0 Å². The van der Waals surface area contributed by atoms with Crippen molar-refractivity contribution in [2.24, 2.45) is 0 Å². The maximum atomic E-state index is 11.1. The third-order valence-corrected chi connectivity index (χ3v) is 3.75. The molecule has 0 unspecified atom stereocenters. The Labute approximate surface area is 111 Å². The van der Waals surface area contributed by atoms with Crippen LogP contribution in [0.5, 0.6) is 0 Å². The Kier molecular flexibility index (Phi) is 5.71. The number of aromatic nitrogens is 1. The molecule has 0 bridgehead atoms. The average Bonchev–Trinajstić information content (AvgIpc) is 2.71. The van der Waals surface area contributed by atoms with E-state index in [9.17, 15) is 4.79 Å². The minimum Gasteiger partial charge on any atom is -0.477 e. The summed E-state index contributed by atoms with van der Waals surface area (Å²) in [6.45, 7) is 5.41. The van der Waals surface area contributed by atoms with E-state index < -0.39 is 5.97 Å². The van der Waals surface area contributed by atoms with Gasteiger partial charge in [0.2, 0.25) is 0 Å². The molecule has 0 radical (unpaired) electrons. The van der Waals surface area contributed by atoms with Crippen LogP contribution in [-0.4, -0.2) is 52.8 Å². The van der Waals surface area contributed by atoms with E-state index in [1.165, 1.54) is 11.3 Å². The minimum atomic E-state index is -0.897. The molecule has 0 aliphatic heterocycles. The van der Waals surface area contributed by atoms with E-state index in [2.05, 4.69) is 4.98 Å². The quantitative estimate of drug-likeness (QED) is 0.785. The molecule has 0 fully saturated rings. The summed E-state index contributed by atoms with van der Waals surface area (Å²) in [5.41, 5.74) is 0.673. The Morgan fingerprint density at radius 1 is 1.44 bits per heavy atom. The van der Waals surface area contributed by atoms with E-state index in [0.717, 1.165) is 11.6 Å². The lowest BCUT2D eigenvalue weighted by Gasteiger charge is -2.13. The number of hydrogen-bond donors (Lipinski definition) is 2. The Hall–Kier alpha value is -0.980. The van der Waals surface area contributed by atoms with Crippen LogP contribution in [0.25, 0.3) is 0 Å². The molecule has 6 heteroatoms. The van der Waals surface area contributed by atoms with Gasteiger partial charge in [-0.25, -0.2) is 9.78 Å². The lowest BCUT2D eigenvalue weighted by Crippen LogP contribution is -2.24. The summed E-state index contributed by atoms with van der Waals surface area (Å²) in [5, 5.41) is 18.8. The summed E-state index contributed by atoms with van der Waals surface area (Å²) in [4.78, 5) is 17.9. The van der Waals surface area contributed by atoms with Gasteiger partial charge in [-0.1, -0.05) is 13.8 Å². The molecule has 5 nitrogen and oxygen atoms in total. The highest BCUT2D eigenvalue weighted by molar-refractivity contribution is 7.13. The van der Waals surface area contributed by atoms with Gasteiger partial charge in [-0.2, -0.15) is 0 Å². The predicted molar refractivity (Wildman–Crippen MR) is 71.4 cm³/mol. The van der Waals surface area contributed by atoms with Gasteiger partial charge in [0.25, 0.3) is 0 Å². The number of aliphatic hydroxyl groups is 1. The summed E-state index contributed by atoms with van der Waals surface area (Å²) >= 11 is 1.26. The lowest BCUT2D eigenvalue weighted by molar-refractivity contribution is 0.0700. The Morgan fingerprint density at radius 2 is 2.11 bits per heavy atom. The molecule has 1 aromatic rings. The minimum absolute atomic E-state index is 0.122. The molecule has 0 aliphatic carbocycles. The van der Waals surface area contributed by atoms with E-state index in [1.807, 2.05) is 25.8 Å². The second-order valence-corrected chi connectivity index (χ2v) is 5.64. The van der Waals surface area contributed by atoms with Crippen molar-refractivity contribution in [2.75, 3.05) is 26.7 Å². The van der Waals surface area contributed by atoms with E-state index >= 15 is 0 Å². The van der Waals surface area contributed by atoms with Gasteiger partial charge in [0.1, 0.15) is 4.88 Å². The number of rotatable bonds is 7. The highest BCUT2D eigenvalue weighted by atomic mass is 32.1. The highest BCUT2D eigenvalue weighted by Crippen LogP contribution is 2.25. The Balaban J connectivity index is 2.73.